The van der Waals surface area contributed by atoms with Gasteiger partial charge in [0, 0.05) is 25.0 Å². The number of nitrogens with one attached hydrogen (secondary N) is 1. The van der Waals surface area contributed by atoms with Gasteiger partial charge in [0.25, 0.3) is 0 Å². The Labute approximate surface area is 86.5 Å². The van der Waals surface area contributed by atoms with E-state index in [2.05, 4.69) is 37.3 Å². The summed E-state index contributed by atoms with van der Waals surface area (Å²) in [6.07, 6.45) is 3.03. The molecule has 0 aliphatic heterocycles. The second-order valence-electron chi connectivity index (χ2n) is 4.18. The standard InChI is InChI=1S/C11H21N3/c1-9(2)12-7-5-10(3)11-6-8-13-14(11)4/h6,8-10,12H,5,7H2,1-4H3. The average Bonchev–Trinajstić information content (AvgIpc) is 2.50. The summed E-state index contributed by atoms with van der Waals surface area (Å²) in [5.74, 6) is 0.578. The molecule has 0 radical (unpaired) electrons. The number of hydrogen-bond acceptors (Lipinski definition) is 2. The van der Waals surface area contributed by atoms with Crippen LogP contribution in [-0.2, 0) is 7.05 Å². The molecule has 0 aromatic carbocycles. The van der Waals surface area contributed by atoms with E-state index in [4.69, 9.17) is 0 Å². The van der Waals surface area contributed by atoms with Gasteiger partial charge in [-0.3, -0.25) is 4.68 Å². The first-order chi connectivity index (χ1) is 6.61. The van der Waals surface area contributed by atoms with Crippen molar-refractivity contribution in [2.75, 3.05) is 6.54 Å². The van der Waals surface area contributed by atoms with Crippen LogP contribution in [0.3, 0.4) is 0 Å². The van der Waals surface area contributed by atoms with Gasteiger partial charge in [0.2, 0.25) is 0 Å². The molecule has 14 heavy (non-hydrogen) atoms. The maximum absolute atomic E-state index is 4.18. The van der Waals surface area contributed by atoms with Gasteiger partial charge < -0.3 is 5.32 Å². The molecule has 1 N–H and O–H groups in total. The summed E-state index contributed by atoms with van der Waals surface area (Å²) in [6, 6.07) is 2.67. The molecule has 0 fully saturated rings. The highest BCUT2D eigenvalue weighted by Crippen LogP contribution is 2.16. The smallest absolute Gasteiger partial charge is 0.0492 e. The first-order valence-electron chi connectivity index (χ1n) is 5.32. The zero-order valence-electron chi connectivity index (χ0n) is 9.62. The van der Waals surface area contributed by atoms with Crippen molar-refractivity contribution in [3.05, 3.63) is 18.0 Å². The molecule has 1 unspecified atom stereocenters. The Morgan fingerprint density at radius 1 is 1.43 bits per heavy atom. The normalized spacial score (nSPS) is 13.5. The Hall–Kier alpha value is -0.830. The Bertz CT molecular complexity index is 265. The van der Waals surface area contributed by atoms with Gasteiger partial charge in [-0.1, -0.05) is 20.8 Å². The summed E-state index contributed by atoms with van der Waals surface area (Å²) in [5, 5.41) is 7.61. The van der Waals surface area contributed by atoms with Gasteiger partial charge in [-0.2, -0.15) is 5.10 Å². The lowest BCUT2D eigenvalue weighted by Gasteiger charge is -2.13. The van der Waals surface area contributed by atoms with E-state index in [1.807, 2.05) is 17.9 Å². The van der Waals surface area contributed by atoms with Gasteiger partial charge in [0.15, 0.2) is 0 Å². The molecule has 1 atom stereocenters. The predicted molar refractivity (Wildman–Crippen MR) is 59.4 cm³/mol. The highest BCUT2D eigenvalue weighted by atomic mass is 15.3. The summed E-state index contributed by atoms with van der Waals surface area (Å²) in [4.78, 5) is 0. The number of rotatable bonds is 5. The highest BCUT2D eigenvalue weighted by molar-refractivity contribution is 5.06. The van der Waals surface area contributed by atoms with Crippen LogP contribution in [-0.4, -0.2) is 22.4 Å². The van der Waals surface area contributed by atoms with Crippen LogP contribution in [0.1, 0.15) is 38.8 Å². The summed E-state index contributed by atoms with van der Waals surface area (Å²) in [5.41, 5.74) is 1.32. The number of aromatic nitrogens is 2. The molecule has 1 heterocycles. The van der Waals surface area contributed by atoms with Crippen LogP contribution in [0.2, 0.25) is 0 Å². The molecule has 0 aliphatic carbocycles. The SMILES string of the molecule is CC(C)NCCC(C)c1ccnn1C. The maximum Gasteiger partial charge on any atom is 0.0492 e. The minimum absolute atomic E-state index is 0.578. The molecule has 0 amide bonds. The zero-order valence-corrected chi connectivity index (χ0v) is 9.62. The van der Waals surface area contributed by atoms with Gasteiger partial charge in [0.1, 0.15) is 0 Å². The van der Waals surface area contributed by atoms with Crippen LogP contribution in [0.5, 0.6) is 0 Å². The summed E-state index contributed by atoms with van der Waals surface area (Å²) in [7, 11) is 2.00. The van der Waals surface area contributed by atoms with E-state index in [9.17, 15) is 0 Å². The predicted octanol–water partition coefficient (Wildman–Crippen LogP) is 1.91. The molecule has 1 aromatic rings. The molecule has 1 rings (SSSR count). The minimum atomic E-state index is 0.578. The maximum atomic E-state index is 4.18. The van der Waals surface area contributed by atoms with E-state index in [-0.39, 0.29) is 0 Å². The van der Waals surface area contributed by atoms with Crippen molar-refractivity contribution >= 4 is 0 Å². The minimum Gasteiger partial charge on any atom is -0.315 e. The lowest BCUT2D eigenvalue weighted by molar-refractivity contribution is 0.524. The lowest BCUT2D eigenvalue weighted by atomic mass is 10.0. The summed E-state index contributed by atoms with van der Waals surface area (Å²) in [6.45, 7) is 7.67. The van der Waals surface area contributed by atoms with E-state index in [0.717, 1.165) is 13.0 Å². The molecule has 80 valence electrons. The average molecular weight is 195 g/mol. The van der Waals surface area contributed by atoms with Crippen molar-refractivity contribution in [1.29, 1.82) is 0 Å². The molecular weight excluding hydrogens is 174 g/mol. The fourth-order valence-electron chi connectivity index (χ4n) is 1.60. The van der Waals surface area contributed by atoms with Crippen LogP contribution in [0.25, 0.3) is 0 Å². The molecule has 0 saturated carbocycles. The van der Waals surface area contributed by atoms with Crippen molar-refractivity contribution in [3.63, 3.8) is 0 Å². The Balaban J connectivity index is 2.36. The molecule has 1 aromatic heterocycles. The van der Waals surface area contributed by atoms with Crippen molar-refractivity contribution in [2.45, 2.75) is 39.2 Å². The number of nitrogens with zero attached hydrogens (tertiary/aromatic N) is 2. The lowest BCUT2D eigenvalue weighted by Crippen LogP contribution is -2.24. The van der Waals surface area contributed by atoms with E-state index < -0.39 is 0 Å². The van der Waals surface area contributed by atoms with Gasteiger partial charge in [-0.25, -0.2) is 0 Å². The Kier molecular flexibility index (Phi) is 4.14. The van der Waals surface area contributed by atoms with Crippen molar-refractivity contribution in [2.24, 2.45) is 7.05 Å². The number of hydrogen-bond donors (Lipinski definition) is 1. The summed E-state index contributed by atoms with van der Waals surface area (Å²) >= 11 is 0. The van der Waals surface area contributed by atoms with Crippen LogP contribution in [0.15, 0.2) is 12.3 Å². The fourth-order valence-corrected chi connectivity index (χ4v) is 1.60. The van der Waals surface area contributed by atoms with Gasteiger partial charge in [-0.15, -0.1) is 0 Å². The summed E-state index contributed by atoms with van der Waals surface area (Å²) < 4.78 is 1.96. The van der Waals surface area contributed by atoms with Crippen LogP contribution < -0.4 is 5.32 Å². The Morgan fingerprint density at radius 2 is 2.14 bits per heavy atom. The quantitative estimate of drug-likeness (QED) is 0.778. The molecule has 0 spiro atoms. The molecule has 0 saturated heterocycles. The van der Waals surface area contributed by atoms with Crippen LogP contribution >= 0.6 is 0 Å². The van der Waals surface area contributed by atoms with Crippen molar-refractivity contribution in [1.82, 2.24) is 15.1 Å². The third-order valence-corrected chi connectivity index (χ3v) is 2.49. The fraction of sp³-hybridized carbons (Fsp3) is 0.727. The first kappa shape index (κ1) is 11.2. The van der Waals surface area contributed by atoms with E-state index >= 15 is 0 Å². The second kappa shape index (κ2) is 5.15. The van der Waals surface area contributed by atoms with E-state index in [0.29, 0.717) is 12.0 Å². The van der Waals surface area contributed by atoms with Crippen molar-refractivity contribution < 1.29 is 0 Å². The first-order valence-corrected chi connectivity index (χ1v) is 5.32. The van der Waals surface area contributed by atoms with E-state index in [1.165, 1.54) is 5.69 Å². The zero-order chi connectivity index (χ0) is 10.6. The van der Waals surface area contributed by atoms with Crippen LogP contribution in [0, 0.1) is 0 Å². The third kappa shape index (κ3) is 3.14. The van der Waals surface area contributed by atoms with Gasteiger partial charge >= 0.3 is 0 Å². The molecule has 3 heteroatoms. The largest absolute Gasteiger partial charge is 0.315 e. The number of aryl methyl sites for hydroxylation is 1. The molecule has 0 bridgehead atoms. The highest BCUT2D eigenvalue weighted by Gasteiger charge is 2.08. The van der Waals surface area contributed by atoms with Crippen LogP contribution in [0.4, 0.5) is 0 Å². The second-order valence-corrected chi connectivity index (χ2v) is 4.18. The van der Waals surface area contributed by atoms with Gasteiger partial charge in [0.05, 0.1) is 0 Å². The monoisotopic (exact) mass is 195 g/mol. The molecule has 0 aliphatic rings. The van der Waals surface area contributed by atoms with Crippen molar-refractivity contribution in [3.8, 4) is 0 Å². The third-order valence-electron chi connectivity index (χ3n) is 2.49. The molecule has 3 nitrogen and oxygen atoms in total. The van der Waals surface area contributed by atoms with E-state index in [1.54, 1.807) is 0 Å². The molecular formula is C11H21N3. The van der Waals surface area contributed by atoms with Gasteiger partial charge in [-0.05, 0) is 24.9 Å². The Morgan fingerprint density at radius 3 is 2.64 bits per heavy atom. The topological polar surface area (TPSA) is 29.9 Å².